The number of aromatic nitrogens is 3. The molecule has 0 saturated carbocycles. The van der Waals surface area contributed by atoms with Crippen molar-refractivity contribution >= 4 is 0 Å². The molecular formula is C13H17N3O. The summed E-state index contributed by atoms with van der Waals surface area (Å²) in [4.78, 5) is 8.64. The van der Waals surface area contributed by atoms with Crippen molar-refractivity contribution in [2.45, 2.75) is 26.4 Å². The highest BCUT2D eigenvalue weighted by molar-refractivity contribution is 5.17. The molecule has 0 fully saturated rings. The van der Waals surface area contributed by atoms with Gasteiger partial charge in [-0.25, -0.2) is 9.97 Å². The molecule has 0 aliphatic rings. The summed E-state index contributed by atoms with van der Waals surface area (Å²) in [5, 5.41) is 0. The molecule has 4 nitrogen and oxygen atoms in total. The van der Waals surface area contributed by atoms with Gasteiger partial charge >= 0.3 is 0 Å². The molecule has 0 bridgehead atoms. The molecule has 0 radical (unpaired) electrons. The standard InChI is InChI=1S/C13H17N3O/c1-10(2)11-5-4-6-13(15-11)17-9-12-14-7-8-16(12)3/h4-8,10H,9H2,1-3H3. The van der Waals surface area contributed by atoms with Gasteiger partial charge in [-0.15, -0.1) is 0 Å². The molecule has 0 amide bonds. The Balaban J connectivity index is 2.04. The van der Waals surface area contributed by atoms with Gasteiger partial charge < -0.3 is 9.30 Å². The monoisotopic (exact) mass is 231 g/mol. The van der Waals surface area contributed by atoms with Crippen LogP contribution in [0.3, 0.4) is 0 Å². The summed E-state index contributed by atoms with van der Waals surface area (Å²) in [7, 11) is 1.95. The van der Waals surface area contributed by atoms with Crippen LogP contribution >= 0.6 is 0 Å². The lowest BCUT2D eigenvalue weighted by atomic mass is 10.1. The molecule has 0 aliphatic carbocycles. The van der Waals surface area contributed by atoms with Crippen LogP contribution in [0.5, 0.6) is 5.88 Å². The molecule has 0 aromatic carbocycles. The third kappa shape index (κ3) is 2.84. The Hall–Kier alpha value is -1.84. The molecule has 0 N–H and O–H groups in total. The first-order chi connectivity index (χ1) is 8.16. The normalized spacial score (nSPS) is 10.8. The second-order valence-electron chi connectivity index (χ2n) is 4.30. The van der Waals surface area contributed by atoms with E-state index in [-0.39, 0.29) is 0 Å². The number of nitrogens with zero attached hydrogens (tertiary/aromatic N) is 3. The fourth-order valence-corrected chi connectivity index (χ4v) is 1.51. The molecule has 0 aliphatic heterocycles. The van der Waals surface area contributed by atoms with Crippen LogP contribution in [0.15, 0.2) is 30.6 Å². The molecule has 17 heavy (non-hydrogen) atoms. The first-order valence-electron chi connectivity index (χ1n) is 5.73. The van der Waals surface area contributed by atoms with Crippen LogP contribution in [-0.4, -0.2) is 14.5 Å². The van der Waals surface area contributed by atoms with Gasteiger partial charge in [-0.3, -0.25) is 0 Å². The Morgan fingerprint density at radius 1 is 1.35 bits per heavy atom. The van der Waals surface area contributed by atoms with Gasteiger partial charge in [-0.2, -0.15) is 0 Å². The van der Waals surface area contributed by atoms with E-state index in [1.54, 1.807) is 6.20 Å². The van der Waals surface area contributed by atoms with E-state index in [2.05, 4.69) is 23.8 Å². The summed E-state index contributed by atoms with van der Waals surface area (Å²) in [6, 6.07) is 5.85. The maximum atomic E-state index is 5.63. The Labute approximate surface area is 101 Å². The summed E-state index contributed by atoms with van der Waals surface area (Å²) >= 11 is 0. The van der Waals surface area contributed by atoms with Crippen molar-refractivity contribution in [1.82, 2.24) is 14.5 Å². The maximum absolute atomic E-state index is 5.63. The van der Waals surface area contributed by atoms with Crippen molar-refractivity contribution in [1.29, 1.82) is 0 Å². The van der Waals surface area contributed by atoms with E-state index in [0.717, 1.165) is 11.5 Å². The van der Waals surface area contributed by atoms with E-state index in [0.29, 0.717) is 18.4 Å². The van der Waals surface area contributed by atoms with Crippen molar-refractivity contribution in [2.24, 2.45) is 7.05 Å². The number of aryl methyl sites for hydroxylation is 1. The van der Waals surface area contributed by atoms with Crippen molar-refractivity contribution in [3.8, 4) is 5.88 Å². The number of hydrogen-bond donors (Lipinski definition) is 0. The number of ether oxygens (including phenoxy) is 1. The predicted molar refractivity (Wildman–Crippen MR) is 65.9 cm³/mol. The van der Waals surface area contributed by atoms with Gasteiger partial charge in [0.2, 0.25) is 5.88 Å². The lowest BCUT2D eigenvalue weighted by Crippen LogP contribution is -2.04. The highest BCUT2D eigenvalue weighted by atomic mass is 16.5. The molecule has 0 unspecified atom stereocenters. The van der Waals surface area contributed by atoms with Gasteiger partial charge in [0, 0.05) is 31.2 Å². The highest BCUT2D eigenvalue weighted by Crippen LogP contribution is 2.15. The summed E-state index contributed by atoms with van der Waals surface area (Å²) in [6.07, 6.45) is 3.66. The molecule has 2 rings (SSSR count). The summed E-state index contributed by atoms with van der Waals surface area (Å²) < 4.78 is 7.56. The van der Waals surface area contributed by atoms with Gasteiger partial charge in [0.05, 0.1) is 0 Å². The molecule has 2 aromatic rings. The zero-order valence-electron chi connectivity index (χ0n) is 10.4. The number of hydrogen-bond acceptors (Lipinski definition) is 3. The quantitative estimate of drug-likeness (QED) is 0.811. The number of imidazole rings is 1. The van der Waals surface area contributed by atoms with Crippen LogP contribution in [0, 0.1) is 0 Å². The van der Waals surface area contributed by atoms with Gasteiger partial charge in [-0.05, 0) is 12.0 Å². The minimum Gasteiger partial charge on any atom is -0.469 e. The molecule has 90 valence electrons. The fraction of sp³-hybridized carbons (Fsp3) is 0.385. The van der Waals surface area contributed by atoms with Crippen LogP contribution in [0.2, 0.25) is 0 Å². The Morgan fingerprint density at radius 2 is 2.18 bits per heavy atom. The fourth-order valence-electron chi connectivity index (χ4n) is 1.51. The van der Waals surface area contributed by atoms with Crippen LogP contribution in [0.4, 0.5) is 0 Å². The lowest BCUT2D eigenvalue weighted by molar-refractivity contribution is 0.279. The van der Waals surface area contributed by atoms with Gasteiger partial charge in [0.15, 0.2) is 0 Å². The van der Waals surface area contributed by atoms with Crippen molar-refractivity contribution in [3.05, 3.63) is 42.1 Å². The minimum absolute atomic E-state index is 0.409. The third-order valence-corrected chi connectivity index (χ3v) is 2.61. The molecule has 2 heterocycles. The number of rotatable bonds is 4. The second-order valence-corrected chi connectivity index (χ2v) is 4.30. The van der Waals surface area contributed by atoms with E-state index < -0.39 is 0 Å². The van der Waals surface area contributed by atoms with Crippen LogP contribution in [-0.2, 0) is 13.7 Å². The van der Waals surface area contributed by atoms with Crippen molar-refractivity contribution in [2.75, 3.05) is 0 Å². The minimum atomic E-state index is 0.409. The van der Waals surface area contributed by atoms with E-state index >= 15 is 0 Å². The highest BCUT2D eigenvalue weighted by Gasteiger charge is 2.04. The largest absolute Gasteiger partial charge is 0.469 e. The van der Waals surface area contributed by atoms with Crippen LogP contribution < -0.4 is 4.74 Å². The average Bonchev–Trinajstić information content (AvgIpc) is 2.72. The molecule has 2 aromatic heterocycles. The maximum Gasteiger partial charge on any atom is 0.213 e. The van der Waals surface area contributed by atoms with E-state index in [1.807, 2.05) is 36.0 Å². The van der Waals surface area contributed by atoms with E-state index in [4.69, 9.17) is 4.74 Å². The average molecular weight is 231 g/mol. The lowest BCUT2D eigenvalue weighted by Gasteiger charge is -2.08. The molecule has 0 saturated heterocycles. The van der Waals surface area contributed by atoms with Gasteiger partial charge in [0.1, 0.15) is 12.4 Å². The van der Waals surface area contributed by atoms with E-state index in [9.17, 15) is 0 Å². The molecule has 0 spiro atoms. The predicted octanol–water partition coefficient (Wildman–Crippen LogP) is 2.52. The molecule has 0 atom stereocenters. The Kier molecular flexibility index (Phi) is 3.42. The first-order valence-corrected chi connectivity index (χ1v) is 5.73. The molecule has 4 heteroatoms. The smallest absolute Gasteiger partial charge is 0.213 e. The van der Waals surface area contributed by atoms with Crippen molar-refractivity contribution < 1.29 is 4.74 Å². The van der Waals surface area contributed by atoms with Gasteiger partial charge in [-0.1, -0.05) is 19.9 Å². The SMILES string of the molecule is CC(C)c1cccc(OCc2nccn2C)n1. The zero-order chi connectivity index (χ0) is 12.3. The summed E-state index contributed by atoms with van der Waals surface area (Å²) in [5.74, 6) is 1.95. The molecular weight excluding hydrogens is 214 g/mol. The first kappa shape index (κ1) is 11.6. The van der Waals surface area contributed by atoms with E-state index in [1.165, 1.54) is 0 Å². The van der Waals surface area contributed by atoms with Crippen LogP contribution in [0.1, 0.15) is 31.3 Å². The second kappa shape index (κ2) is 4.99. The summed E-state index contributed by atoms with van der Waals surface area (Å²) in [5.41, 5.74) is 1.04. The number of pyridine rings is 1. The zero-order valence-corrected chi connectivity index (χ0v) is 10.4. The van der Waals surface area contributed by atoms with Gasteiger partial charge in [0.25, 0.3) is 0 Å². The van der Waals surface area contributed by atoms with Crippen molar-refractivity contribution in [3.63, 3.8) is 0 Å². The third-order valence-electron chi connectivity index (χ3n) is 2.61. The topological polar surface area (TPSA) is 39.9 Å². The van der Waals surface area contributed by atoms with Crippen LogP contribution in [0.25, 0.3) is 0 Å². The Morgan fingerprint density at radius 3 is 2.82 bits per heavy atom. The summed E-state index contributed by atoms with van der Waals surface area (Å²) in [6.45, 7) is 4.67. The Bertz CT molecular complexity index is 491.